The van der Waals surface area contributed by atoms with Crippen molar-refractivity contribution in [3.8, 4) is 17.2 Å². The van der Waals surface area contributed by atoms with Crippen molar-refractivity contribution < 1.29 is 19.1 Å². The lowest BCUT2D eigenvalue weighted by Crippen LogP contribution is -2.03. The normalized spacial score (nSPS) is 10.9. The summed E-state index contributed by atoms with van der Waals surface area (Å²) in [6.45, 7) is 4.63. The van der Waals surface area contributed by atoms with Gasteiger partial charge in [0, 0.05) is 17.7 Å². The highest BCUT2D eigenvalue weighted by Crippen LogP contribution is 2.23. The van der Waals surface area contributed by atoms with Crippen LogP contribution in [0.1, 0.15) is 42.3 Å². The quantitative estimate of drug-likeness (QED) is 0.377. The molecule has 0 fully saturated rings. The molecule has 0 bridgehead atoms. The Morgan fingerprint density at radius 2 is 1.94 bits per heavy atom. The molecule has 0 amide bonds. The van der Waals surface area contributed by atoms with Crippen LogP contribution in [-0.4, -0.2) is 28.4 Å². The summed E-state index contributed by atoms with van der Waals surface area (Å²) in [7, 11) is 0. The van der Waals surface area contributed by atoms with E-state index in [2.05, 4.69) is 36.2 Å². The Labute approximate surface area is 187 Å². The molecule has 0 unspecified atom stereocenters. The molecular formula is C25H29NO4S. The van der Waals surface area contributed by atoms with Gasteiger partial charge in [0.2, 0.25) is 5.89 Å². The van der Waals surface area contributed by atoms with E-state index < -0.39 is 5.97 Å². The van der Waals surface area contributed by atoms with Gasteiger partial charge >= 0.3 is 5.97 Å². The van der Waals surface area contributed by atoms with Gasteiger partial charge in [-0.25, -0.2) is 4.98 Å². The van der Waals surface area contributed by atoms with Crippen LogP contribution >= 0.6 is 11.8 Å². The lowest BCUT2D eigenvalue weighted by atomic mass is 10.1. The fourth-order valence-corrected chi connectivity index (χ4v) is 3.92. The summed E-state index contributed by atoms with van der Waals surface area (Å²) in [6.07, 6.45) is 4.15. The molecule has 0 aliphatic heterocycles. The lowest BCUT2D eigenvalue weighted by molar-refractivity contribution is -0.133. The van der Waals surface area contributed by atoms with E-state index in [9.17, 15) is 4.79 Å². The molecule has 0 aliphatic carbocycles. The highest BCUT2D eigenvalue weighted by atomic mass is 32.2. The molecule has 2 aromatic carbocycles. The van der Waals surface area contributed by atoms with Gasteiger partial charge in [0.25, 0.3) is 0 Å². The second-order valence-electron chi connectivity index (χ2n) is 7.45. The minimum Gasteiger partial charge on any atom is -0.493 e. The van der Waals surface area contributed by atoms with Crippen molar-refractivity contribution in [1.29, 1.82) is 0 Å². The molecule has 0 spiro atoms. The van der Waals surface area contributed by atoms with Crippen LogP contribution in [0.25, 0.3) is 11.5 Å². The molecule has 0 saturated carbocycles. The number of thioether (sulfide) groups is 1. The highest BCUT2D eigenvalue weighted by molar-refractivity contribution is 7.99. The lowest BCUT2D eigenvalue weighted by Gasteiger charge is -2.07. The molecule has 3 aromatic rings. The third kappa shape index (κ3) is 7.17. The van der Waals surface area contributed by atoms with E-state index in [0.29, 0.717) is 24.7 Å². The molecule has 31 heavy (non-hydrogen) atoms. The number of aromatic nitrogens is 1. The Morgan fingerprint density at radius 3 is 2.68 bits per heavy atom. The Kier molecular flexibility index (Phi) is 8.59. The van der Waals surface area contributed by atoms with Crippen molar-refractivity contribution in [2.24, 2.45) is 0 Å². The van der Waals surface area contributed by atoms with Crippen LogP contribution in [0.2, 0.25) is 0 Å². The van der Waals surface area contributed by atoms with E-state index in [1.54, 1.807) is 0 Å². The summed E-state index contributed by atoms with van der Waals surface area (Å²) >= 11 is 1.37. The highest BCUT2D eigenvalue weighted by Gasteiger charge is 2.12. The molecule has 6 heteroatoms. The zero-order chi connectivity index (χ0) is 22.1. The van der Waals surface area contributed by atoms with Gasteiger partial charge in [-0.2, -0.15) is 0 Å². The Hall–Kier alpha value is -2.73. The van der Waals surface area contributed by atoms with E-state index in [-0.39, 0.29) is 5.75 Å². The first kappa shape index (κ1) is 22.9. The number of ether oxygens (including phenoxy) is 1. The number of hydrogen-bond donors (Lipinski definition) is 1. The van der Waals surface area contributed by atoms with E-state index in [4.69, 9.17) is 14.3 Å². The summed E-state index contributed by atoms with van der Waals surface area (Å²) in [5, 5.41) is 8.75. The number of carboxylic acid groups (broad SMARTS) is 1. The number of benzene rings is 2. The van der Waals surface area contributed by atoms with Crippen molar-refractivity contribution in [3.63, 3.8) is 0 Å². The predicted octanol–water partition coefficient (Wildman–Crippen LogP) is 5.93. The van der Waals surface area contributed by atoms with Crippen molar-refractivity contribution in [3.05, 3.63) is 71.1 Å². The molecule has 5 nitrogen and oxygen atoms in total. The topological polar surface area (TPSA) is 72.6 Å². The number of aryl methyl sites for hydroxylation is 2. The standard InChI is InChI=1S/C25H29NO4S/c1-3-4-6-19-9-11-21(12-10-19)25-26-23(18(2)30-25)13-14-29-22-8-5-7-20(15-22)16-31-17-24(27)28/h5,7-12,15H,3-4,6,13-14,16-17H2,1-2H3,(H,27,28). The largest absolute Gasteiger partial charge is 0.493 e. The van der Waals surface area contributed by atoms with Gasteiger partial charge in [-0.3, -0.25) is 4.79 Å². The van der Waals surface area contributed by atoms with Crippen LogP contribution in [0, 0.1) is 6.92 Å². The van der Waals surface area contributed by atoms with E-state index in [1.807, 2.05) is 31.2 Å². The summed E-state index contributed by atoms with van der Waals surface area (Å²) in [5.74, 6) is 2.18. The molecule has 0 radical (unpaired) electrons. The van der Waals surface area contributed by atoms with Crippen LogP contribution in [-0.2, 0) is 23.4 Å². The number of nitrogens with zero attached hydrogens (tertiary/aromatic N) is 1. The molecule has 1 N–H and O–H groups in total. The van der Waals surface area contributed by atoms with Crippen molar-refractivity contribution >= 4 is 17.7 Å². The van der Waals surface area contributed by atoms with Crippen LogP contribution < -0.4 is 4.74 Å². The molecule has 3 rings (SSSR count). The van der Waals surface area contributed by atoms with Crippen LogP contribution in [0.15, 0.2) is 52.9 Å². The first-order chi connectivity index (χ1) is 15.0. The number of unbranched alkanes of at least 4 members (excludes halogenated alkanes) is 1. The monoisotopic (exact) mass is 439 g/mol. The summed E-state index contributed by atoms with van der Waals surface area (Å²) in [4.78, 5) is 15.3. The van der Waals surface area contributed by atoms with Gasteiger partial charge < -0.3 is 14.3 Å². The van der Waals surface area contributed by atoms with Gasteiger partial charge in [0.1, 0.15) is 11.5 Å². The molecule has 0 aliphatic rings. The van der Waals surface area contributed by atoms with E-state index >= 15 is 0 Å². The Bertz CT molecular complexity index is 981. The van der Waals surface area contributed by atoms with E-state index in [1.165, 1.54) is 30.2 Å². The summed E-state index contributed by atoms with van der Waals surface area (Å²) in [6, 6.07) is 16.2. The number of carbonyl (C=O) groups is 1. The molecule has 1 aromatic heterocycles. The summed E-state index contributed by atoms with van der Waals surface area (Å²) < 4.78 is 11.8. The van der Waals surface area contributed by atoms with Gasteiger partial charge in [-0.1, -0.05) is 37.6 Å². The number of oxazole rings is 1. The SMILES string of the molecule is CCCCc1ccc(-c2nc(CCOc3cccc(CSCC(=O)O)c3)c(C)o2)cc1. The number of rotatable bonds is 12. The first-order valence-electron chi connectivity index (χ1n) is 10.6. The van der Waals surface area contributed by atoms with Crippen LogP contribution in [0.4, 0.5) is 0 Å². The molecule has 0 saturated heterocycles. The maximum atomic E-state index is 10.6. The maximum Gasteiger partial charge on any atom is 0.313 e. The van der Waals surface area contributed by atoms with Crippen LogP contribution in [0.3, 0.4) is 0 Å². The predicted molar refractivity (Wildman–Crippen MR) is 125 cm³/mol. The third-order valence-electron chi connectivity index (χ3n) is 4.91. The van der Waals surface area contributed by atoms with Crippen molar-refractivity contribution in [2.45, 2.75) is 45.3 Å². The van der Waals surface area contributed by atoms with Gasteiger partial charge in [0.05, 0.1) is 18.1 Å². The smallest absolute Gasteiger partial charge is 0.313 e. The number of aliphatic carboxylic acids is 1. The van der Waals surface area contributed by atoms with Gasteiger partial charge in [0.15, 0.2) is 0 Å². The molecule has 164 valence electrons. The Morgan fingerprint density at radius 1 is 1.13 bits per heavy atom. The Balaban J connectivity index is 1.53. The zero-order valence-electron chi connectivity index (χ0n) is 18.1. The molecule has 0 atom stereocenters. The maximum absolute atomic E-state index is 10.6. The minimum absolute atomic E-state index is 0.0975. The second kappa shape index (κ2) is 11.6. The molecular weight excluding hydrogens is 410 g/mol. The fourth-order valence-electron chi connectivity index (χ4n) is 3.23. The number of carboxylic acids is 1. The fraction of sp³-hybridized carbons (Fsp3) is 0.360. The minimum atomic E-state index is -0.799. The van der Waals surface area contributed by atoms with Crippen molar-refractivity contribution in [1.82, 2.24) is 4.98 Å². The second-order valence-corrected chi connectivity index (χ2v) is 8.44. The average molecular weight is 440 g/mol. The first-order valence-corrected chi connectivity index (χ1v) is 11.8. The number of hydrogen-bond acceptors (Lipinski definition) is 5. The summed E-state index contributed by atoms with van der Waals surface area (Å²) in [5.41, 5.74) is 4.28. The van der Waals surface area contributed by atoms with Gasteiger partial charge in [-0.15, -0.1) is 11.8 Å². The average Bonchev–Trinajstić information content (AvgIpc) is 3.13. The van der Waals surface area contributed by atoms with Crippen molar-refractivity contribution in [2.75, 3.05) is 12.4 Å². The zero-order valence-corrected chi connectivity index (χ0v) is 18.9. The van der Waals surface area contributed by atoms with Gasteiger partial charge in [-0.05, 0) is 55.2 Å². The third-order valence-corrected chi connectivity index (χ3v) is 5.90. The van der Waals surface area contributed by atoms with Crippen LogP contribution in [0.5, 0.6) is 5.75 Å². The molecule has 1 heterocycles. The van der Waals surface area contributed by atoms with E-state index in [0.717, 1.165) is 34.8 Å².